The van der Waals surface area contributed by atoms with E-state index < -0.39 is 0 Å². The predicted octanol–water partition coefficient (Wildman–Crippen LogP) is 2.96. The van der Waals surface area contributed by atoms with E-state index in [0.717, 1.165) is 0 Å². The van der Waals surface area contributed by atoms with E-state index in [1.165, 1.54) is 0 Å². The molecule has 1 atom stereocenters. The number of hydrogen-bond donors (Lipinski definition) is 0. The second-order valence-corrected chi connectivity index (χ2v) is 20.4. The molecule has 0 amide bonds. The van der Waals surface area contributed by atoms with Crippen molar-refractivity contribution in [2.75, 3.05) is 0 Å². The SMILES string of the molecule is PP(I)I. The summed E-state index contributed by atoms with van der Waals surface area (Å²) in [5.41, 5.74) is 0. The van der Waals surface area contributed by atoms with Gasteiger partial charge in [-0.3, -0.25) is 0 Å². The van der Waals surface area contributed by atoms with Crippen molar-refractivity contribution in [2.45, 2.75) is 0 Å². The van der Waals surface area contributed by atoms with Crippen LogP contribution >= 0.6 is 55.9 Å². The van der Waals surface area contributed by atoms with Gasteiger partial charge >= 0.3 is 0 Å². The Bertz CT molecular complexity index is 8.75. The van der Waals surface area contributed by atoms with Crippen LogP contribution in [-0.4, -0.2) is 0 Å². The third kappa shape index (κ3) is 8.85. The molecule has 0 saturated heterocycles. The molecule has 1 unspecified atom stereocenters. The average Bonchev–Trinajstić information content (AvgIpc) is 0.811. The number of rotatable bonds is 0. The van der Waals surface area contributed by atoms with E-state index in [4.69, 9.17) is 0 Å². The summed E-state index contributed by atoms with van der Waals surface area (Å²) < 4.78 is 0.236. The minimum Gasteiger partial charge on any atom is -0.0902 e. The van der Waals surface area contributed by atoms with Crippen molar-refractivity contribution in [3.8, 4) is 0 Å². The molecule has 0 bridgehead atoms. The Morgan fingerprint density at radius 3 is 1.50 bits per heavy atom. The van der Waals surface area contributed by atoms with Gasteiger partial charge in [0.05, 0.1) is 0 Å². The van der Waals surface area contributed by atoms with E-state index in [0.29, 0.717) is 0 Å². The Hall–Kier alpha value is 2.32. The number of hydrogen-bond acceptors (Lipinski definition) is 0. The molecular weight excluding hydrogens is 316 g/mol. The molecule has 0 aliphatic rings. The van der Waals surface area contributed by atoms with Gasteiger partial charge in [0.15, 0.2) is 0 Å². The molecule has 0 fully saturated rings. The maximum absolute atomic E-state index is 2.70. The Morgan fingerprint density at radius 2 is 1.50 bits per heavy atom. The summed E-state index contributed by atoms with van der Waals surface area (Å²) in [6.07, 6.45) is 0. The van der Waals surface area contributed by atoms with E-state index in [1.54, 1.807) is 0 Å². The predicted molar refractivity (Wildman–Crippen MR) is 44.7 cm³/mol. The van der Waals surface area contributed by atoms with E-state index in [-0.39, 0.29) is 2.90 Å². The van der Waals surface area contributed by atoms with E-state index in [9.17, 15) is 0 Å². The van der Waals surface area contributed by atoms with Crippen molar-refractivity contribution in [3.63, 3.8) is 0 Å². The molecule has 0 radical (unpaired) electrons. The lowest BCUT2D eigenvalue weighted by molar-refractivity contribution is 5.79. The molecule has 0 aromatic rings. The molecule has 4 heteroatoms. The Kier molecular flexibility index (Phi) is 5.54. The Balaban J connectivity index is 2.32. The standard InChI is InChI=1S/H2I2P2/c1-4(2)3/h3H2. The highest BCUT2D eigenvalue weighted by Gasteiger charge is 1.73. The van der Waals surface area contributed by atoms with Crippen LogP contribution in [0.2, 0.25) is 0 Å². The molecule has 0 rings (SSSR count). The minimum absolute atomic E-state index is 0.236. The lowest BCUT2D eigenvalue weighted by Crippen LogP contribution is -0.862. The van der Waals surface area contributed by atoms with Crippen LogP contribution in [-0.2, 0) is 0 Å². The average molecular weight is 318 g/mol. The van der Waals surface area contributed by atoms with Crippen molar-refractivity contribution in [3.05, 3.63) is 0 Å². The Labute approximate surface area is 55.3 Å². The summed E-state index contributed by atoms with van der Waals surface area (Å²) in [7, 11) is 2.70. The highest BCUT2D eigenvalue weighted by atomic mass is 127. The summed E-state index contributed by atoms with van der Waals surface area (Å²) in [5, 5.41) is 0. The first kappa shape index (κ1) is 6.32. The quantitative estimate of drug-likeness (QED) is 0.476. The maximum atomic E-state index is 2.70. The molecule has 0 spiro atoms. The molecule has 26 valence electrons. The molecule has 0 saturated carbocycles. The molecule has 0 aromatic carbocycles. The summed E-state index contributed by atoms with van der Waals surface area (Å²) in [4.78, 5) is 0. The molecule has 0 N–H and O–H groups in total. The van der Waals surface area contributed by atoms with Gasteiger partial charge in [-0.15, -0.1) is 0 Å². The zero-order chi connectivity index (χ0) is 3.58. The van der Waals surface area contributed by atoms with Crippen LogP contribution < -0.4 is 0 Å². The van der Waals surface area contributed by atoms with Crippen LogP contribution in [0.4, 0.5) is 0 Å². The summed E-state index contributed by atoms with van der Waals surface area (Å²) >= 11 is 4.72. The molecule has 0 aromatic heterocycles. The smallest absolute Gasteiger partial charge is 0.0424 e. The first-order chi connectivity index (χ1) is 1.73. The molecular formula is H2I2P2. The van der Waals surface area contributed by atoms with Crippen LogP contribution in [0.1, 0.15) is 0 Å². The van der Waals surface area contributed by atoms with E-state index in [2.05, 4.69) is 53.0 Å². The van der Waals surface area contributed by atoms with Gasteiger partial charge in [0, 0.05) is 2.90 Å². The van der Waals surface area contributed by atoms with Gasteiger partial charge in [-0.25, -0.2) is 0 Å². The van der Waals surface area contributed by atoms with Gasteiger partial charge in [-0.2, -0.15) is 0 Å². The molecule has 0 nitrogen and oxygen atoms in total. The normalized spacial score (nSPS) is 9.00. The van der Waals surface area contributed by atoms with Gasteiger partial charge in [0.25, 0.3) is 0 Å². The Morgan fingerprint density at radius 1 is 1.50 bits per heavy atom. The first-order valence-corrected chi connectivity index (χ1v) is 9.13. The fourth-order valence-corrected chi connectivity index (χ4v) is 0. The maximum Gasteiger partial charge on any atom is 0.0424 e. The molecule has 0 aliphatic carbocycles. The van der Waals surface area contributed by atoms with Gasteiger partial charge in [0.1, 0.15) is 0 Å². The monoisotopic (exact) mass is 318 g/mol. The summed E-state index contributed by atoms with van der Waals surface area (Å²) in [6, 6.07) is 0. The van der Waals surface area contributed by atoms with Gasteiger partial charge < -0.3 is 0 Å². The van der Waals surface area contributed by atoms with Gasteiger partial charge in [-0.1, -0.05) is 8.93 Å². The summed E-state index contributed by atoms with van der Waals surface area (Å²) in [5.74, 6) is 0. The zero-order valence-corrected chi connectivity index (χ0v) is 8.14. The second-order valence-electron chi connectivity index (χ2n) is 0.259. The molecule has 4 heavy (non-hydrogen) atoms. The topological polar surface area (TPSA) is 0 Å². The first-order valence-electron chi connectivity index (χ1n) is 0.596. The van der Waals surface area contributed by atoms with Crippen molar-refractivity contribution in [1.29, 1.82) is 0 Å². The largest absolute Gasteiger partial charge is 0.0902 e. The van der Waals surface area contributed by atoms with Crippen LogP contribution in [0.5, 0.6) is 0 Å². The lowest BCUT2D eigenvalue weighted by atomic mass is 30.0. The van der Waals surface area contributed by atoms with Crippen LogP contribution in [0, 0.1) is 0 Å². The highest BCUT2D eigenvalue weighted by molar-refractivity contribution is 14.3. The van der Waals surface area contributed by atoms with Crippen LogP contribution in [0.25, 0.3) is 0 Å². The van der Waals surface area contributed by atoms with Crippen molar-refractivity contribution >= 4 is 55.9 Å². The zero-order valence-electron chi connectivity index (χ0n) is 1.78. The second kappa shape index (κ2) is 3.51. The third-order valence-electron chi connectivity index (χ3n) is 0. The lowest BCUT2D eigenvalue weighted by Gasteiger charge is -1.74. The van der Waals surface area contributed by atoms with Crippen molar-refractivity contribution in [2.24, 2.45) is 0 Å². The third-order valence-corrected chi connectivity index (χ3v) is 0. The molecule has 0 heterocycles. The van der Waals surface area contributed by atoms with Crippen LogP contribution in [0.3, 0.4) is 0 Å². The fraction of sp³-hybridized carbons (Fsp3) is 0. The van der Waals surface area contributed by atoms with E-state index in [1.807, 2.05) is 0 Å². The highest BCUT2D eigenvalue weighted by Crippen LogP contribution is 2.60. The van der Waals surface area contributed by atoms with Crippen molar-refractivity contribution in [1.82, 2.24) is 0 Å². The molecule has 0 aliphatic heterocycles. The van der Waals surface area contributed by atoms with Gasteiger partial charge in [0.2, 0.25) is 0 Å². The van der Waals surface area contributed by atoms with E-state index >= 15 is 0 Å². The van der Waals surface area contributed by atoms with Crippen molar-refractivity contribution < 1.29 is 0 Å². The summed E-state index contributed by atoms with van der Waals surface area (Å²) in [6.45, 7) is 0. The fourth-order valence-electron chi connectivity index (χ4n) is 0. The van der Waals surface area contributed by atoms with Gasteiger partial charge in [-0.05, 0) is 44.1 Å². The number of halogens is 2. The van der Waals surface area contributed by atoms with Crippen LogP contribution in [0.15, 0.2) is 0 Å². The minimum atomic E-state index is 0.236.